The van der Waals surface area contributed by atoms with E-state index >= 15 is 0 Å². The summed E-state index contributed by atoms with van der Waals surface area (Å²) in [5.41, 5.74) is 1.94. The summed E-state index contributed by atoms with van der Waals surface area (Å²) in [4.78, 5) is 16.4. The predicted octanol–water partition coefficient (Wildman–Crippen LogP) is 3.34. The monoisotopic (exact) mass is 315 g/mol. The highest BCUT2D eigenvalue weighted by Crippen LogP contribution is 2.21. The number of aromatic nitrogens is 1. The molecule has 0 bridgehead atoms. The highest BCUT2D eigenvalue weighted by atomic mass is 16.5. The van der Waals surface area contributed by atoms with Gasteiger partial charge in [-0.05, 0) is 43.3 Å². The molecular weight excluding hydrogens is 294 g/mol. The largest absolute Gasteiger partial charge is 0.494 e. The molecule has 0 spiro atoms. The summed E-state index contributed by atoms with van der Waals surface area (Å²) in [5, 5.41) is 0. The summed E-state index contributed by atoms with van der Waals surface area (Å²) in [5.74, 6) is 0.388. The van der Waals surface area contributed by atoms with Crippen LogP contribution in [0, 0.1) is 0 Å². The molecule has 23 heavy (non-hydrogen) atoms. The number of benzene rings is 1. The lowest BCUT2D eigenvalue weighted by Crippen LogP contribution is -2.10. The fraction of sp³-hybridized carbons (Fsp3) is 0.333. The molecule has 0 fully saturated rings. The number of pyridine rings is 1. The van der Waals surface area contributed by atoms with Gasteiger partial charge >= 0.3 is 5.97 Å². The van der Waals surface area contributed by atoms with Crippen LogP contribution in [0.5, 0.6) is 5.75 Å². The molecule has 0 saturated heterocycles. The fourth-order valence-corrected chi connectivity index (χ4v) is 2.04. The molecule has 122 valence electrons. The molecule has 0 amide bonds. The van der Waals surface area contributed by atoms with E-state index < -0.39 is 5.97 Å². The van der Waals surface area contributed by atoms with E-state index in [1.165, 1.54) is 0 Å². The minimum atomic E-state index is -0.422. The van der Waals surface area contributed by atoms with Gasteiger partial charge in [0, 0.05) is 25.7 Å². The first-order chi connectivity index (χ1) is 11.2. The van der Waals surface area contributed by atoms with Crippen LogP contribution in [0.3, 0.4) is 0 Å². The Labute approximate surface area is 136 Å². The predicted molar refractivity (Wildman–Crippen MR) is 87.6 cm³/mol. The third-order valence-corrected chi connectivity index (χ3v) is 3.15. The molecule has 5 nitrogen and oxygen atoms in total. The van der Waals surface area contributed by atoms with Crippen molar-refractivity contribution in [2.45, 2.75) is 13.3 Å². The summed E-state index contributed by atoms with van der Waals surface area (Å²) in [6.45, 7) is 3.45. The zero-order valence-corrected chi connectivity index (χ0v) is 13.5. The summed E-state index contributed by atoms with van der Waals surface area (Å²) >= 11 is 0. The Morgan fingerprint density at radius 1 is 1.09 bits per heavy atom. The number of esters is 1. The Morgan fingerprint density at radius 3 is 2.57 bits per heavy atom. The SMILES string of the molecule is CCOc1ccc(-c2cccc(C(=O)OCCCOC)n2)cc1. The van der Waals surface area contributed by atoms with E-state index in [1.807, 2.05) is 37.3 Å². The van der Waals surface area contributed by atoms with Gasteiger partial charge in [0.25, 0.3) is 0 Å². The molecule has 2 rings (SSSR count). The van der Waals surface area contributed by atoms with Gasteiger partial charge in [0.05, 0.1) is 18.9 Å². The maximum absolute atomic E-state index is 12.0. The summed E-state index contributed by atoms with van der Waals surface area (Å²) in [7, 11) is 1.61. The van der Waals surface area contributed by atoms with Gasteiger partial charge < -0.3 is 14.2 Å². The number of ether oxygens (including phenoxy) is 3. The molecule has 1 aromatic heterocycles. The van der Waals surface area contributed by atoms with E-state index in [4.69, 9.17) is 14.2 Å². The van der Waals surface area contributed by atoms with Crippen molar-refractivity contribution in [3.05, 3.63) is 48.2 Å². The number of rotatable bonds is 8. The zero-order valence-electron chi connectivity index (χ0n) is 13.5. The zero-order chi connectivity index (χ0) is 16.5. The first-order valence-corrected chi connectivity index (χ1v) is 7.61. The molecule has 0 aliphatic heterocycles. The Kier molecular flexibility index (Phi) is 6.56. The lowest BCUT2D eigenvalue weighted by Gasteiger charge is -2.07. The summed E-state index contributed by atoms with van der Waals surface area (Å²) in [6.07, 6.45) is 0.667. The van der Waals surface area contributed by atoms with Crippen LogP contribution in [0.25, 0.3) is 11.3 Å². The van der Waals surface area contributed by atoms with Crippen LogP contribution >= 0.6 is 0 Å². The van der Waals surface area contributed by atoms with Gasteiger partial charge in [-0.2, -0.15) is 0 Å². The van der Waals surface area contributed by atoms with Crippen molar-refractivity contribution in [3.63, 3.8) is 0 Å². The van der Waals surface area contributed by atoms with E-state index in [1.54, 1.807) is 19.2 Å². The molecule has 0 atom stereocenters. The molecule has 0 aliphatic carbocycles. The molecule has 0 aliphatic rings. The molecule has 0 unspecified atom stereocenters. The van der Waals surface area contributed by atoms with E-state index in [-0.39, 0.29) is 0 Å². The van der Waals surface area contributed by atoms with Gasteiger partial charge in [0.1, 0.15) is 11.4 Å². The lowest BCUT2D eigenvalue weighted by molar-refractivity contribution is 0.0462. The van der Waals surface area contributed by atoms with E-state index in [9.17, 15) is 4.79 Å². The standard InChI is InChI=1S/C18H21NO4/c1-3-22-15-10-8-14(9-11-15)16-6-4-7-17(19-16)18(20)23-13-5-12-21-2/h4,6-11H,3,5,12-13H2,1-2H3. The van der Waals surface area contributed by atoms with Crippen molar-refractivity contribution >= 4 is 5.97 Å². The van der Waals surface area contributed by atoms with Crippen molar-refractivity contribution in [2.24, 2.45) is 0 Å². The normalized spacial score (nSPS) is 10.3. The van der Waals surface area contributed by atoms with E-state index in [2.05, 4.69) is 4.98 Å². The molecule has 5 heteroatoms. The topological polar surface area (TPSA) is 57.7 Å². The Bertz CT molecular complexity index is 625. The molecule has 1 aromatic carbocycles. The molecule has 0 N–H and O–H groups in total. The van der Waals surface area contributed by atoms with Crippen LogP contribution < -0.4 is 4.74 Å². The van der Waals surface area contributed by atoms with Gasteiger partial charge in [-0.15, -0.1) is 0 Å². The number of carbonyl (C=O) groups excluding carboxylic acids is 1. The highest BCUT2D eigenvalue weighted by molar-refractivity contribution is 5.87. The molecule has 0 saturated carbocycles. The Hall–Kier alpha value is -2.40. The quantitative estimate of drug-likeness (QED) is 0.552. The summed E-state index contributed by atoms with van der Waals surface area (Å²) in [6, 6.07) is 12.9. The van der Waals surface area contributed by atoms with Crippen molar-refractivity contribution in [2.75, 3.05) is 26.9 Å². The van der Waals surface area contributed by atoms with Crippen LogP contribution in [0.1, 0.15) is 23.8 Å². The number of methoxy groups -OCH3 is 1. The van der Waals surface area contributed by atoms with Crippen molar-refractivity contribution < 1.29 is 19.0 Å². The maximum Gasteiger partial charge on any atom is 0.356 e. The van der Waals surface area contributed by atoms with Crippen molar-refractivity contribution in [3.8, 4) is 17.0 Å². The lowest BCUT2D eigenvalue weighted by atomic mass is 10.1. The smallest absolute Gasteiger partial charge is 0.356 e. The van der Waals surface area contributed by atoms with Crippen molar-refractivity contribution in [1.29, 1.82) is 0 Å². The van der Waals surface area contributed by atoms with Crippen LogP contribution in [-0.4, -0.2) is 37.9 Å². The Balaban J connectivity index is 2.05. The van der Waals surface area contributed by atoms with Crippen LogP contribution in [0.4, 0.5) is 0 Å². The molecule has 1 heterocycles. The van der Waals surface area contributed by atoms with E-state index in [0.29, 0.717) is 31.9 Å². The van der Waals surface area contributed by atoms with Crippen LogP contribution in [0.15, 0.2) is 42.5 Å². The van der Waals surface area contributed by atoms with E-state index in [0.717, 1.165) is 17.0 Å². The third kappa shape index (κ3) is 5.07. The highest BCUT2D eigenvalue weighted by Gasteiger charge is 2.10. The van der Waals surface area contributed by atoms with Crippen molar-refractivity contribution in [1.82, 2.24) is 4.98 Å². The second-order valence-electron chi connectivity index (χ2n) is 4.85. The second kappa shape index (κ2) is 8.90. The third-order valence-electron chi connectivity index (χ3n) is 3.15. The number of hydrogen-bond acceptors (Lipinski definition) is 5. The number of carbonyl (C=O) groups is 1. The first-order valence-electron chi connectivity index (χ1n) is 7.61. The average Bonchev–Trinajstić information content (AvgIpc) is 2.60. The number of hydrogen-bond donors (Lipinski definition) is 0. The van der Waals surface area contributed by atoms with Gasteiger partial charge in [0.2, 0.25) is 0 Å². The second-order valence-corrected chi connectivity index (χ2v) is 4.85. The molecular formula is C18H21NO4. The maximum atomic E-state index is 12.0. The van der Waals surface area contributed by atoms with Gasteiger partial charge in [-0.1, -0.05) is 6.07 Å². The minimum absolute atomic E-state index is 0.300. The van der Waals surface area contributed by atoms with Gasteiger partial charge in [-0.3, -0.25) is 0 Å². The minimum Gasteiger partial charge on any atom is -0.494 e. The summed E-state index contributed by atoms with van der Waals surface area (Å²) < 4.78 is 15.5. The van der Waals surface area contributed by atoms with Crippen LogP contribution in [-0.2, 0) is 9.47 Å². The average molecular weight is 315 g/mol. The van der Waals surface area contributed by atoms with Gasteiger partial charge in [-0.25, -0.2) is 9.78 Å². The molecule has 0 radical (unpaired) electrons. The van der Waals surface area contributed by atoms with Crippen LogP contribution in [0.2, 0.25) is 0 Å². The molecule has 2 aromatic rings. The Morgan fingerprint density at radius 2 is 1.87 bits per heavy atom. The fourth-order valence-electron chi connectivity index (χ4n) is 2.04. The number of nitrogens with zero attached hydrogens (tertiary/aromatic N) is 1. The van der Waals surface area contributed by atoms with Gasteiger partial charge in [0.15, 0.2) is 0 Å². The first kappa shape index (κ1) is 17.0.